The average Bonchev–Trinajstić information content (AvgIpc) is 2.74. The minimum Gasteiger partial charge on any atom is -0.399 e. The van der Waals surface area contributed by atoms with E-state index in [1.54, 1.807) is 11.3 Å². The van der Waals surface area contributed by atoms with Crippen LogP contribution < -0.4 is 5.73 Å². The first-order chi connectivity index (χ1) is 8.63. The molecular formula is C14H16N2OS. The molecule has 0 aliphatic rings. The molecule has 0 atom stereocenters. The van der Waals surface area contributed by atoms with E-state index in [0.717, 1.165) is 28.4 Å². The molecule has 0 saturated heterocycles. The number of hydrogen-bond donors (Lipinski definition) is 1. The predicted molar refractivity (Wildman–Crippen MR) is 74.7 cm³/mol. The number of Topliss-reactive ketones (excluding diaryl/α,β-unsaturated/α-hetero) is 1. The van der Waals surface area contributed by atoms with Gasteiger partial charge in [-0.25, -0.2) is 4.98 Å². The zero-order valence-electron chi connectivity index (χ0n) is 10.3. The number of nitrogen functional groups attached to an aromatic ring is 1. The Labute approximate surface area is 111 Å². The average molecular weight is 260 g/mol. The highest BCUT2D eigenvalue weighted by Gasteiger charge is 2.07. The first-order valence-electron chi connectivity index (χ1n) is 5.90. The largest absolute Gasteiger partial charge is 0.399 e. The molecule has 0 spiro atoms. The number of aromatic nitrogens is 1. The summed E-state index contributed by atoms with van der Waals surface area (Å²) >= 11 is 1.59. The van der Waals surface area contributed by atoms with E-state index in [1.165, 1.54) is 0 Å². The van der Waals surface area contributed by atoms with Gasteiger partial charge in [0.2, 0.25) is 0 Å². The summed E-state index contributed by atoms with van der Waals surface area (Å²) < 4.78 is 0. The van der Waals surface area contributed by atoms with Gasteiger partial charge in [0, 0.05) is 23.9 Å². The van der Waals surface area contributed by atoms with E-state index >= 15 is 0 Å². The standard InChI is InChI=1S/C14H16N2OS/c1-10-16-13(9-18-10)8-14(17)7-4-11-2-5-12(15)6-3-11/h2-3,5-6,9H,4,7-8,15H2,1H3. The SMILES string of the molecule is Cc1nc(CC(=O)CCc2ccc(N)cc2)cs1. The fraction of sp³-hybridized carbons (Fsp3) is 0.286. The van der Waals surface area contributed by atoms with Gasteiger partial charge in [-0.1, -0.05) is 12.1 Å². The van der Waals surface area contributed by atoms with Crippen LogP contribution in [0.1, 0.15) is 22.7 Å². The third-order valence-corrected chi connectivity index (χ3v) is 3.54. The molecule has 0 radical (unpaired) electrons. The van der Waals surface area contributed by atoms with Gasteiger partial charge in [0.1, 0.15) is 5.78 Å². The van der Waals surface area contributed by atoms with Crippen LogP contribution in [-0.2, 0) is 17.6 Å². The van der Waals surface area contributed by atoms with Crippen molar-refractivity contribution in [2.24, 2.45) is 0 Å². The van der Waals surface area contributed by atoms with Gasteiger partial charge in [-0.3, -0.25) is 4.79 Å². The molecule has 18 heavy (non-hydrogen) atoms. The summed E-state index contributed by atoms with van der Waals surface area (Å²) in [4.78, 5) is 16.1. The van der Waals surface area contributed by atoms with Crippen LogP contribution in [0.15, 0.2) is 29.6 Å². The van der Waals surface area contributed by atoms with E-state index in [9.17, 15) is 4.79 Å². The first kappa shape index (κ1) is 12.8. The highest BCUT2D eigenvalue weighted by atomic mass is 32.1. The van der Waals surface area contributed by atoms with Crippen molar-refractivity contribution in [3.05, 3.63) is 45.9 Å². The smallest absolute Gasteiger partial charge is 0.139 e. The zero-order valence-corrected chi connectivity index (χ0v) is 11.2. The maximum Gasteiger partial charge on any atom is 0.139 e. The van der Waals surface area contributed by atoms with Crippen molar-refractivity contribution >= 4 is 22.8 Å². The normalized spacial score (nSPS) is 10.5. The molecule has 0 bridgehead atoms. The summed E-state index contributed by atoms with van der Waals surface area (Å²) in [6.07, 6.45) is 1.77. The van der Waals surface area contributed by atoms with Gasteiger partial charge in [0.05, 0.1) is 10.7 Å². The maximum absolute atomic E-state index is 11.8. The van der Waals surface area contributed by atoms with E-state index in [1.807, 2.05) is 36.6 Å². The number of hydrogen-bond acceptors (Lipinski definition) is 4. The monoisotopic (exact) mass is 260 g/mol. The van der Waals surface area contributed by atoms with Crippen LogP contribution in [-0.4, -0.2) is 10.8 Å². The Morgan fingerprint density at radius 1 is 1.33 bits per heavy atom. The van der Waals surface area contributed by atoms with Crippen LogP contribution in [0.5, 0.6) is 0 Å². The minimum atomic E-state index is 0.233. The number of nitrogens with zero attached hydrogens (tertiary/aromatic N) is 1. The number of carbonyl (C=O) groups excluding carboxylic acids is 1. The van der Waals surface area contributed by atoms with Gasteiger partial charge in [-0.15, -0.1) is 11.3 Å². The van der Waals surface area contributed by atoms with Crippen LogP contribution in [0.3, 0.4) is 0 Å². The topological polar surface area (TPSA) is 56.0 Å². The number of nitrogens with two attached hydrogens (primary N) is 1. The van der Waals surface area contributed by atoms with E-state index in [-0.39, 0.29) is 5.78 Å². The highest BCUT2D eigenvalue weighted by molar-refractivity contribution is 7.09. The lowest BCUT2D eigenvalue weighted by Crippen LogP contribution is -2.04. The summed E-state index contributed by atoms with van der Waals surface area (Å²) in [6.45, 7) is 1.95. The van der Waals surface area contributed by atoms with Crippen LogP contribution >= 0.6 is 11.3 Å². The summed E-state index contributed by atoms with van der Waals surface area (Å²) in [5.41, 5.74) is 8.40. The van der Waals surface area contributed by atoms with Gasteiger partial charge in [-0.2, -0.15) is 0 Å². The van der Waals surface area contributed by atoms with Crippen LogP contribution in [0.2, 0.25) is 0 Å². The summed E-state index contributed by atoms with van der Waals surface area (Å²) in [5, 5.41) is 2.97. The molecule has 0 saturated carbocycles. The number of anilines is 1. The molecule has 2 rings (SSSR count). The molecule has 2 aromatic rings. The Kier molecular flexibility index (Phi) is 4.10. The second-order valence-electron chi connectivity index (χ2n) is 4.31. The van der Waals surface area contributed by atoms with Gasteiger partial charge in [-0.05, 0) is 31.0 Å². The number of aryl methyl sites for hydroxylation is 2. The van der Waals surface area contributed by atoms with Crippen molar-refractivity contribution in [1.29, 1.82) is 0 Å². The van der Waals surface area contributed by atoms with Gasteiger partial charge in [0.15, 0.2) is 0 Å². The second kappa shape index (κ2) is 5.78. The molecule has 1 aromatic carbocycles. The van der Waals surface area contributed by atoms with Crippen molar-refractivity contribution in [3.8, 4) is 0 Å². The number of thiazole rings is 1. The molecule has 0 aliphatic heterocycles. The van der Waals surface area contributed by atoms with Gasteiger partial charge in [0.25, 0.3) is 0 Å². The molecule has 2 N–H and O–H groups in total. The van der Waals surface area contributed by atoms with Crippen LogP contribution in [0, 0.1) is 6.92 Å². The van der Waals surface area contributed by atoms with Crippen molar-refractivity contribution in [1.82, 2.24) is 4.98 Å². The minimum absolute atomic E-state index is 0.233. The molecule has 0 aliphatic carbocycles. The Morgan fingerprint density at radius 3 is 2.67 bits per heavy atom. The maximum atomic E-state index is 11.8. The molecule has 3 nitrogen and oxygen atoms in total. The fourth-order valence-corrected chi connectivity index (χ4v) is 2.36. The Balaban J connectivity index is 1.83. The lowest BCUT2D eigenvalue weighted by molar-refractivity contribution is -0.118. The lowest BCUT2D eigenvalue weighted by atomic mass is 10.1. The Hall–Kier alpha value is -1.68. The van der Waals surface area contributed by atoms with Crippen molar-refractivity contribution < 1.29 is 4.79 Å². The van der Waals surface area contributed by atoms with Crippen molar-refractivity contribution in [3.63, 3.8) is 0 Å². The van der Waals surface area contributed by atoms with E-state index < -0.39 is 0 Å². The molecule has 0 fully saturated rings. The summed E-state index contributed by atoms with van der Waals surface area (Å²) in [5.74, 6) is 0.233. The zero-order chi connectivity index (χ0) is 13.0. The van der Waals surface area contributed by atoms with Crippen LogP contribution in [0.25, 0.3) is 0 Å². The molecule has 94 valence electrons. The van der Waals surface area contributed by atoms with Crippen molar-refractivity contribution in [2.75, 3.05) is 5.73 Å². The molecule has 4 heteroatoms. The Bertz CT molecular complexity index is 531. The van der Waals surface area contributed by atoms with E-state index in [2.05, 4.69) is 4.98 Å². The molecular weight excluding hydrogens is 244 g/mol. The third-order valence-electron chi connectivity index (χ3n) is 2.72. The van der Waals surface area contributed by atoms with Crippen LogP contribution in [0.4, 0.5) is 5.69 Å². The number of ketones is 1. The van der Waals surface area contributed by atoms with Crippen molar-refractivity contribution in [2.45, 2.75) is 26.2 Å². The quantitative estimate of drug-likeness (QED) is 0.841. The van der Waals surface area contributed by atoms with Gasteiger partial charge >= 0.3 is 0 Å². The first-order valence-corrected chi connectivity index (χ1v) is 6.78. The number of benzene rings is 1. The fourth-order valence-electron chi connectivity index (χ4n) is 1.75. The molecule has 0 unspecified atom stereocenters. The number of carbonyl (C=O) groups is 1. The highest BCUT2D eigenvalue weighted by Crippen LogP contribution is 2.11. The second-order valence-corrected chi connectivity index (χ2v) is 5.38. The predicted octanol–water partition coefficient (Wildman–Crippen LogP) is 2.78. The van der Waals surface area contributed by atoms with E-state index in [4.69, 9.17) is 5.73 Å². The molecule has 1 aromatic heterocycles. The summed E-state index contributed by atoms with van der Waals surface area (Å²) in [7, 11) is 0. The number of rotatable bonds is 5. The lowest BCUT2D eigenvalue weighted by Gasteiger charge is -2.01. The summed E-state index contributed by atoms with van der Waals surface area (Å²) in [6, 6.07) is 7.67. The van der Waals surface area contributed by atoms with E-state index in [0.29, 0.717) is 12.8 Å². The third kappa shape index (κ3) is 3.67. The molecule has 0 amide bonds. The molecule has 1 heterocycles. The Morgan fingerprint density at radius 2 is 2.06 bits per heavy atom. The van der Waals surface area contributed by atoms with Gasteiger partial charge < -0.3 is 5.73 Å².